The van der Waals surface area contributed by atoms with E-state index in [1.54, 1.807) is 53.2 Å². The Morgan fingerprint density at radius 3 is 2.47 bits per heavy atom. The maximum Gasteiger partial charge on any atom is 0.255 e. The van der Waals surface area contributed by atoms with Gasteiger partial charge < -0.3 is 19.6 Å². The van der Waals surface area contributed by atoms with Gasteiger partial charge in [0.05, 0.1) is 5.69 Å². The third kappa shape index (κ3) is 5.04. The van der Waals surface area contributed by atoms with Crippen molar-refractivity contribution in [2.24, 2.45) is 5.92 Å². The number of imidazole rings is 1. The standard InChI is InChI=1S/C23H27N3O4/c1-15(2)21(28)19-14-26-13-17(7-10-20(26)25-19)24-22(29)16-5-8-18(9-6-16)30-23(3,4)11-12-27/h5-10,13-15,27H,11-12H2,1-4H3,(H,24,29). The molecule has 0 aliphatic heterocycles. The Labute approximate surface area is 175 Å². The maximum atomic E-state index is 12.6. The number of amides is 1. The van der Waals surface area contributed by atoms with Gasteiger partial charge in [0, 0.05) is 36.9 Å². The Morgan fingerprint density at radius 2 is 1.83 bits per heavy atom. The highest BCUT2D eigenvalue weighted by Crippen LogP contribution is 2.22. The molecular weight excluding hydrogens is 382 g/mol. The number of benzene rings is 1. The second-order valence-electron chi connectivity index (χ2n) is 8.14. The molecule has 3 aromatic rings. The minimum atomic E-state index is -0.492. The number of pyridine rings is 1. The summed E-state index contributed by atoms with van der Waals surface area (Å²) >= 11 is 0. The molecule has 0 saturated heterocycles. The molecule has 2 aromatic heterocycles. The lowest BCUT2D eigenvalue weighted by Crippen LogP contribution is -2.29. The molecule has 0 aliphatic carbocycles. The van der Waals surface area contributed by atoms with Crippen molar-refractivity contribution in [1.29, 1.82) is 0 Å². The summed E-state index contributed by atoms with van der Waals surface area (Å²) in [5, 5.41) is 12.0. The van der Waals surface area contributed by atoms with Gasteiger partial charge in [0.2, 0.25) is 0 Å². The molecule has 0 saturated carbocycles. The number of nitrogens with zero attached hydrogens (tertiary/aromatic N) is 2. The summed E-state index contributed by atoms with van der Waals surface area (Å²) in [5.74, 6) is 0.227. The smallest absolute Gasteiger partial charge is 0.255 e. The number of aliphatic hydroxyl groups is 1. The van der Waals surface area contributed by atoms with Crippen molar-refractivity contribution in [2.75, 3.05) is 11.9 Å². The number of hydrogen-bond acceptors (Lipinski definition) is 5. The van der Waals surface area contributed by atoms with Crippen molar-refractivity contribution in [3.8, 4) is 5.75 Å². The van der Waals surface area contributed by atoms with Gasteiger partial charge in [-0.15, -0.1) is 0 Å². The zero-order chi connectivity index (χ0) is 21.9. The molecule has 2 heterocycles. The van der Waals surface area contributed by atoms with Crippen LogP contribution in [0.5, 0.6) is 5.75 Å². The second-order valence-corrected chi connectivity index (χ2v) is 8.14. The number of fused-ring (bicyclic) bond motifs is 1. The molecule has 2 N–H and O–H groups in total. The van der Waals surface area contributed by atoms with Crippen LogP contribution in [0.3, 0.4) is 0 Å². The Balaban J connectivity index is 1.71. The van der Waals surface area contributed by atoms with Crippen LogP contribution in [0.25, 0.3) is 5.65 Å². The summed E-state index contributed by atoms with van der Waals surface area (Å²) in [6, 6.07) is 10.4. The number of aromatic nitrogens is 2. The molecule has 7 nitrogen and oxygen atoms in total. The first-order valence-electron chi connectivity index (χ1n) is 9.93. The fourth-order valence-corrected chi connectivity index (χ4v) is 3.00. The van der Waals surface area contributed by atoms with Crippen LogP contribution in [-0.2, 0) is 0 Å². The quantitative estimate of drug-likeness (QED) is 0.549. The van der Waals surface area contributed by atoms with E-state index in [-0.39, 0.29) is 24.2 Å². The van der Waals surface area contributed by atoms with Crippen molar-refractivity contribution >= 4 is 23.0 Å². The van der Waals surface area contributed by atoms with Gasteiger partial charge in [-0.1, -0.05) is 13.8 Å². The van der Waals surface area contributed by atoms with Crippen LogP contribution >= 0.6 is 0 Å². The Morgan fingerprint density at radius 1 is 1.13 bits per heavy atom. The number of rotatable bonds is 8. The van der Waals surface area contributed by atoms with Crippen LogP contribution in [0.4, 0.5) is 5.69 Å². The highest BCUT2D eigenvalue weighted by molar-refractivity contribution is 6.04. The lowest BCUT2D eigenvalue weighted by molar-refractivity contribution is 0.0765. The number of carbonyl (C=O) groups is 2. The highest BCUT2D eigenvalue weighted by atomic mass is 16.5. The number of aliphatic hydroxyl groups excluding tert-OH is 1. The van der Waals surface area contributed by atoms with Gasteiger partial charge in [-0.25, -0.2) is 4.98 Å². The molecule has 0 spiro atoms. The van der Waals surface area contributed by atoms with Gasteiger partial charge in [-0.3, -0.25) is 9.59 Å². The van der Waals surface area contributed by atoms with Gasteiger partial charge in [0.25, 0.3) is 5.91 Å². The number of carbonyl (C=O) groups excluding carboxylic acids is 2. The lowest BCUT2D eigenvalue weighted by Gasteiger charge is -2.25. The number of ketones is 1. The van der Waals surface area contributed by atoms with Crippen molar-refractivity contribution in [3.63, 3.8) is 0 Å². The van der Waals surface area contributed by atoms with Gasteiger partial charge in [-0.2, -0.15) is 0 Å². The van der Waals surface area contributed by atoms with E-state index in [9.17, 15) is 9.59 Å². The first-order chi connectivity index (χ1) is 14.2. The summed E-state index contributed by atoms with van der Waals surface area (Å²) in [4.78, 5) is 29.1. The molecule has 0 bridgehead atoms. The fourth-order valence-electron chi connectivity index (χ4n) is 3.00. The van der Waals surface area contributed by atoms with E-state index >= 15 is 0 Å². The zero-order valence-corrected chi connectivity index (χ0v) is 17.7. The highest BCUT2D eigenvalue weighted by Gasteiger charge is 2.19. The molecular formula is C23H27N3O4. The largest absolute Gasteiger partial charge is 0.488 e. The second kappa shape index (κ2) is 8.67. The molecule has 1 aromatic carbocycles. The number of anilines is 1. The van der Waals surface area contributed by atoms with E-state index < -0.39 is 5.60 Å². The summed E-state index contributed by atoms with van der Waals surface area (Å²) in [6.07, 6.45) is 3.91. The van der Waals surface area contributed by atoms with E-state index in [4.69, 9.17) is 9.84 Å². The lowest BCUT2D eigenvalue weighted by atomic mass is 10.1. The zero-order valence-electron chi connectivity index (χ0n) is 17.7. The first-order valence-corrected chi connectivity index (χ1v) is 9.93. The van der Waals surface area contributed by atoms with Crippen LogP contribution in [0.15, 0.2) is 48.8 Å². The first kappa shape index (κ1) is 21.5. The fraction of sp³-hybridized carbons (Fsp3) is 0.348. The van der Waals surface area contributed by atoms with Crippen LogP contribution in [0.2, 0.25) is 0 Å². The van der Waals surface area contributed by atoms with Crippen LogP contribution < -0.4 is 10.1 Å². The SMILES string of the molecule is CC(C)C(=O)c1cn2cc(NC(=O)c3ccc(OC(C)(C)CCO)cc3)ccc2n1. The maximum absolute atomic E-state index is 12.6. The van der Waals surface area contributed by atoms with Crippen LogP contribution in [0.1, 0.15) is 55.0 Å². The number of Topliss-reactive ketones (excluding diaryl/α,β-unsaturated/α-hetero) is 1. The monoisotopic (exact) mass is 409 g/mol. The van der Waals surface area contributed by atoms with Gasteiger partial charge >= 0.3 is 0 Å². The molecule has 0 radical (unpaired) electrons. The minimum Gasteiger partial charge on any atom is -0.488 e. The van der Waals surface area contributed by atoms with Gasteiger partial charge in [0.1, 0.15) is 22.7 Å². The van der Waals surface area contributed by atoms with Crippen LogP contribution in [-0.4, -0.2) is 38.4 Å². The summed E-state index contributed by atoms with van der Waals surface area (Å²) in [7, 11) is 0. The molecule has 3 rings (SSSR count). The number of hydrogen-bond donors (Lipinski definition) is 2. The van der Waals surface area contributed by atoms with E-state index in [1.165, 1.54) is 0 Å². The number of ether oxygens (including phenoxy) is 1. The van der Waals surface area contributed by atoms with Gasteiger partial charge in [-0.05, 0) is 50.2 Å². The predicted octanol–water partition coefficient (Wildman–Crippen LogP) is 3.97. The molecule has 0 atom stereocenters. The number of nitrogens with one attached hydrogen (secondary N) is 1. The van der Waals surface area contributed by atoms with Crippen molar-refractivity contribution in [1.82, 2.24) is 9.38 Å². The third-order valence-corrected chi connectivity index (χ3v) is 4.71. The summed E-state index contributed by atoms with van der Waals surface area (Å²) in [6.45, 7) is 7.51. The van der Waals surface area contributed by atoms with E-state index in [0.29, 0.717) is 34.8 Å². The van der Waals surface area contributed by atoms with Crippen molar-refractivity contribution < 1.29 is 19.4 Å². The molecule has 0 fully saturated rings. The average Bonchev–Trinajstić information content (AvgIpc) is 3.10. The van der Waals surface area contributed by atoms with E-state index in [0.717, 1.165) is 0 Å². The average molecular weight is 409 g/mol. The van der Waals surface area contributed by atoms with Crippen molar-refractivity contribution in [2.45, 2.75) is 39.7 Å². The summed E-state index contributed by atoms with van der Waals surface area (Å²) in [5.41, 5.74) is 1.65. The van der Waals surface area contributed by atoms with Crippen LogP contribution in [0, 0.1) is 5.92 Å². The Bertz CT molecular complexity index is 1050. The topological polar surface area (TPSA) is 92.9 Å². The normalized spacial score (nSPS) is 11.7. The molecule has 0 aliphatic rings. The van der Waals surface area contributed by atoms with E-state index in [2.05, 4.69) is 10.3 Å². The van der Waals surface area contributed by atoms with Gasteiger partial charge in [0.15, 0.2) is 5.78 Å². The Kier molecular flexibility index (Phi) is 6.22. The molecule has 7 heteroatoms. The van der Waals surface area contributed by atoms with E-state index in [1.807, 2.05) is 27.7 Å². The molecule has 158 valence electrons. The third-order valence-electron chi connectivity index (χ3n) is 4.71. The molecule has 30 heavy (non-hydrogen) atoms. The molecule has 1 amide bonds. The Hall–Kier alpha value is -3.19. The molecule has 0 unspecified atom stereocenters. The minimum absolute atomic E-state index is 0.0197. The predicted molar refractivity (Wildman–Crippen MR) is 115 cm³/mol. The van der Waals surface area contributed by atoms with Crippen molar-refractivity contribution in [3.05, 3.63) is 60.0 Å². The summed E-state index contributed by atoms with van der Waals surface area (Å²) < 4.78 is 7.58.